The zero-order valence-corrected chi connectivity index (χ0v) is 23.2. The Hall–Kier alpha value is -2.98. The highest BCUT2D eigenvalue weighted by molar-refractivity contribution is 9.10. The van der Waals surface area contributed by atoms with E-state index >= 15 is 0 Å². The quantitative estimate of drug-likeness (QED) is 0.241. The third-order valence-corrected chi connectivity index (χ3v) is 7.54. The van der Waals surface area contributed by atoms with Crippen molar-refractivity contribution in [1.82, 2.24) is 14.8 Å². The lowest BCUT2D eigenvalue weighted by atomic mass is 9.95. The molecule has 1 aliphatic rings. The first-order valence-electron chi connectivity index (χ1n) is 11.8. The monoisotopic (exact) mass is 571 g/mol. The summed E-state index contributed by atoms with van der Waals surface area (Å²) < 4.78 is 14.3. The van der Waals surface area contributed by atoms with Crippen molar-refractivity contribution in [3.05, 3.63) is 68.8 Å². The van der Waals surface area contributed by atoms with Crippen molar-refractivity contribution in [1.29, 1.82) is 0 Å². The second kappa shape index (κ2) is 11.4. The van der Waals surface area contributed by atoms with Crippen molar-refractivity contribution >= 4 is 39.5 Å². The molecule has 0 saturated carbocycles. The van der Waals surface area contributed by atoms with Gasteiger partial charge in [0.2, 0.25) is 17.0 Å². The number of unbranched alkanes of at least 4 members (excludes halogenated alkanes) is 1. The molecule has 0 saturated heterocycles. The standard InChI is InChI=1S/C26H30BrN5O3S/c1-5-6-11-36-26-30-25-29-16(3)21(24(28)33)22(32(25)31-26)18-12-19(27)23(20(13-18)34-4)35-14-17-10-8-7-9-15(17)2/h7-10,12-13,22H,5-6,11,14H2,1-4H3,(H2,28,33)(H,29,30,31). The van der Waals surface area contributed by atoms with Gasteiger partial charge < -0.3 is 20.5 Å². The summed E-state index contributed by atoms with van der Waals surface area (Å²) in [6, 6.07) is 11.3. The van der Waals surface area contributed by atoms with Crippen LogP contribution in [-0.2, 0) is 11.4 Å². The van der Waals surface area contributed by atoms with Crippen molar-refractivity contribution in [3.63, 3.8) is 0 Å². The Morgan fingerprint density at radius 3 is 2.75 bits per heavy atom. The summed E-state index contributed by atoms with van der Waals surface area (Å²) in [6.45, 7) is 6.41. The zero-order chi connectivity index (χ0) is 25.8. The van der Waals surface area contributed by atoms with Crippen molar-refractivity contribution in [2.24, 2.45) is 5.73 Å². The summed E-state index contributed by atoms with van der Waals surface area (Å²) in [4.78, 5) is 17.2. The minimum absolute atomic E-state index is 0.394. The lowest BCUT2D eigenvalue weighted by Gasteiger charge is -2.28. The van der Waals surface area contributed by atoms with Gasteiger partial charge in [0.25, 0.3) is 0 Å². The number of primary amides is 1. The van der Waals surface area contributed by atoms with E-state index in [1.807, 2.05) is 37.3 Å². The van der Waals surface area contributed by atoms with Crippen molar-refractivity contribution in [2.75, 3.05) is 18.2 Å². The Morgan fingerprint density at radius 1 is 1.28 bits per heavy atom. The third-order valence-electron chi connectivity index (χ3n) is 6.03. The first-order valence-corrected chi connectivity index (χ1v) is 13.5. The summed E-state index contributed by atoms with van der Waals surface area (Å²) in [7, 11) is 1.59. The molecule has 1 amide bonds. The van der Waals surface area contributed by atoms with Crippen LogP contribution in [0.25, 0.3) is 0 Å². The molecule has 2 aromatic carbocycles. The number of amides is 1. The van der Waals surface area contributed by atoms with Crippen LogP contribution in [0.2, 0.25) is 0 Å². The maximum absolute atomic E-state index is 12.6. The number of aromatic nitrogens is 3. The molecule has 10 heteroatoms. The first-order chi connectivity index (χ1) is 17.3. The molecule has 2 heterocycles. The van der Waals surface area contributed by atoms with E-state index in [0.29, 0.717) is 45.0 Å². The van der Waals surface area contributed by atoms with Crippen molar-refractivity contribution in [3.8, 4) is 11.5 Å². The maximum Gasteiger partial charge on any atom is 0.248 e. The van der Waals surface area contributed by atoms with Crippen LogP contribution in [-0.4, -0.2) is 33.5 Å². The number of allylic oxidation sites excluding steroid dienone is 1. The van der Waals surface area contributed by atoms with E-state index in [2.05, 4.69) is 46.1 Å². The van der Waals surface area contributed by atoms with Crippen LogP contribution in [0.5, 0.6) is 11.5 Å². The van der Waals surface area contributed by atoms with Crippen LogP contribution >= 0.6 is 27.7 Å². The Labute approximate surface area is 223 Å². The predicted octanol–water partition coefficient (Wildman–Crippen LogP) is 5.60. The number of halogens is 1. The van der Waals surface area contributed by atoms with Gasteiger partial charge in [-0.3, -0.25) is 4.79 Å². The fourth-order valence-corrected chi connectivity index (χ4v) is 5.57. The van der Waals surface area contributed by atoms with E-state index in [1.54, 1.807) is 23.6 Å². The van der Waals surface area contributed by atoms with Gasteiger partial charge in [0.1, 0.15) is 12.6 Å². The third kappa shape index (κ3) is 5.39. The highest BCUT2D eigenvalue weighted by Crippen LogP contribution is 2.43. The van der Waals surface area contributed by atoms with Crippen LogP contribution in [0, 0.1) is 6.92 Å². The topological polar surface area (TPSA) is 104 Å². The van der Waals surface area contributed by atoms with Gasteiger partial charge in [-0.2, -0.15) is 4.98 Å². The molecule has 0 bridgehead atoms. The number of nitrogens with one attached hydrogen (secondary N) is 1. The number of ether oxygens (including phenoxy) is 2. The number of hydrogen-bond donors (Lipinski definition) is 2. The largest absolute Gasteiger partial charge is 0.493 e. The second-order valence-corrected chi connectivity index (χ2v) is 10.5. The molecule has 190 valence electrons. The summed E-state index contributed by atoms with van der Waals surface area (Å²) in [6.07, 6.45) is 2.17. The van der Waals surface area contributed by atoms with Gasteiger partial charge in [-0.25, -0.2) is 4.68 Å². The number of carbonyl (C=O) groups is 1. The average Bonchev–Trinajstić information content (AvgIpc) is 3.25. The highest BCUT2D eigenvalue weighted by Gasteiger charge is 2.34. The Kier molecular flexibility index (Phi) is 8.25. The molecule has 8 nitrogen and oxygen atoms in total. The van der Waals surface area contributed by atoms with E-state index in [1.165, 1.54) is 0 Å². The Bertz CT molecular complexity index is 1310. The molecule has 36 heavy (non-hydrogen) atoms. The van der Waals surface area contributed by atoms with E-state index < -0.39 is 11.9 Å². The summed E-state index contributed by atoms with van der Waals surface area (Å²) >= 11 is 5.25. The fourth-order valence-electron chi connectivity index (χ4n) is 4.09. The molecule has 0 spiro atoms. The molecule has 0 radical (unpaired) electrons. The molecule has 0 aliphatic carbocycles. The molecule has 1 unspecified atom stereocenters. The molecule has 1 aliphatic heterocycles. The van der Waals surface area contributed by atoms with Gasteiger partial charge in [0.15, 0.2) is 11.5 Å². The van der Waals surface area contributed by atoms with E-state index in [9.17, 15) is 4.79 Å². The van der Waals surface area contributed by atoms with Crippen LogP contribution in [0.3, 0.4) is 0 Å². The molecule has 0 fully saturated rings. The number of nitrogens with zero attached hydrogens (tertiary/aromatic N) is 3. The van der Waals surface area contributed by atoms with Crippen LogP contribution in [0.1, 0.15) is 49.4 Å². The first kappa shape index (κ1) is 26.1. The van der Waals surface area contributed by atoms with Gasteiger partial charge in [-0.05, 0) is 65.0 Å². The average molecular weight is 573 g/mol. The number of nitrogens with two attached hydrogens (primary N) is 1. The SMILES string of the molecule is CCCCSc1nc2n(n1)C(c1cc(Br)c(OCc3ccccc3C)c(OC)c1)C(C(N)=O)=C(C)N2. The lowest BCUT2D eigenvalue weighted by molar-refractivity contribution is -0.115. The Morgan fingerprint density at radius 2 is 2.06 bits per heavy atom. The number of anilines is 1. The van der Waals surface area contributed by atoms with Gasteiger partial charge in [-0.1, -0.05) is 49.4 Å². The summed E-state index contributed by atoms with van der Waals surface area (Å²) in [5, 5.41) is 8.56. The van der Waals surface area contributed by atoms with Crippen molar-refractivity contribution < 1.29 is 14.3 Å². The van der Waals surface area contributed by atoms with Crippen LogP contribution in [0.15, 0.2) is 57.3 Å². The number of rotatable bonds is 10. The van der Waals surface area contributed by atoms with E-state index in [-0.39, 0.29) is 0 Å². The smallest absolute Gasteiger partial charge is 0.248 e. The van der Waals surface area contributed by atoms with Gasteiger partial charge in [0.05, 0.1) is 17.2 Å². The molecule has 4 rings (SSSR count). The minimum Gasteiger partial charge on any atom is -0.493 e. The number of methoxy groups -OCH3 is 1. The van der Waals surface area contributed by atoms with Crippen molar-refractivity contribution in [2.45, 2.75) is 51.4 Å². The van der Waals surface area contributed by atoms with Crippen LogP contribution in [0.4, 0.5) is 5.95 Å². The number of thioether (sulfide) groups is 1. The second-order valence-electron chi connectivity index (χ2n) is 8.54. The lowest BCUT2D eigenvalue weighted by Crippen LogP contribution is -2.31. The molecule has 3 aromatic rings. The zero-order valence-electron chi connectivity index (χ0n) is 20.8. The van der Waals surface area contributed by atoms with Crippen LogP contribution < -0.4 is 20.5 Å². The van der Waals surface area contributed by atoms with Gasteiger partial charge >= 0.3 is 0 Å². The predicted molar refractivity (Wildman–Crippen MR) is 146 cm³/mol. The van der Waals surface area contributed by atoms with Gasteiger partial charge in [-0.15, -0.1) is 5.10 Å². The number of benzene rings is 2. The fraction of sp³-hybridized carbons (Fsp3) is 0.346. The molecule has 3 N–H and O–H groups in total. The maximum atomic E-state index is 12.6. The van der Waals surface area contributed by atoms with E-state index in [0.717, 1.165) is 35.3 Å². The molecule has 1 aromatic heterocycles. The molecule has 1 atom stereocenters. The number of aryl methyl sites for hydroxylation is 1. The number of carbonyl (C=O) groups excluding carboxylic acids is 1. The normalized spacial score (nSPS) is 14.9. The molecular formula is C26H30BrN5O3S. The van der Waals surface area contributed by atoms with Gasteiger partial charge in [0, 0.05) is 11.4 Å². The summed E-state index contributed by atoms with van der Waals surface area (Å²) in [5.74, 6) is 2.07. The van der Waals surface area contributed by atoms with E-state index in [4.69, 9.17) is 20.3 Å². The Balaban J connectivity index is 1.72. The number of fused-ring (bicyclic) bond motifs is 1. The summed E-state index contributed by atoms with van der Waals surface area (Å²) in [5.41, 5.74) is 9.91. The molecular weight excluding hydrogens is 542 g/mol. The minimum atomic E-state index is -0.567. The highest BCUT2D eigenvalue weighted by atomic mass is 79.9. The number of hydrogen-bond acceptors (Lipinski definition) is 7.